The monoisotopic (exact) mass is 334 g/mol. The Labute approximate surface area is 138 Å². The van der Waals surface area contributed by atoms with Gasteiger partial charge in [0.05, 0.1) is 5.02 Å². The fraction of sp³-hybridized carbons (Fsp3) is 0.250. The second-order valence-electron chi connectivity index (χ2n) is 5.24. The van der Waals surface area contributed by atoms with Crippen LogP contribution in [0.15, 0.2) is 42.7 Å². The van der Waals surface area contributed by atoms with Crippen molar-refractivity contribution in [3.8, 4) is 0 Å². The van der Waals surface area contributed by atoms with E-state index in [0.29, 0.717) is 18.8 Å². The van der Waals surface area contributed by atoms with E-state index in [1.165, 1.54) is 12.1 Å². The molecular weight excluding hydrogens is 319 g/mol. The summed E-state index contributed by atoms with van der Waals surface area (Å²) >= 11 is 5.63. The Balaban J connectivity index is 1.57. The number of anilines is 2. The molecule has 5 nitrogen and oxygen atoms in total. The van der Waals surface area contributed by atoms with Gasteiger partial charge >= 0.3 is 6.03 Å². The van der Waals surface area contributed by atoms with Gasteiger partial charge in [-0.05, 0) is 30.3 Å². The van der Waals surface area contributed by atoms with Crippen LogP contribution < -0.4 is 10.2 Å². The molecular formula is C16H16ClFN4O. The number of nitrogens with one attached hydrogen (secondary N) is 1. The summed E-state index contributed by atoms with van der Waals surface area (Å²) in [5.41, 5.74) is 1.49. The van der Waals surface area contributed by atoms with Crippen molar-refractivity contribution in [2.75, 3.05) is 36.4 Å². The van der Waals surface area contributed by atoms with Crippen LogP contribution in [0.4, 0.5) is 20.6 Å². The third kappa shape index (κ3) is 3.71. The zero-order valence-electron chi connectivity index (χ0n) is 12.4. The number of amides is 2. The molecule has 0 bridgehead atoms. The summed E-state index contributed by atoms with van der Waals surface area (Å²) in [5.74, 6) is -0.549. The summed E-state index contributed by atoms with van der Waals surface area (Å²) in [7, 11) is 0. The van der Waals surface area contributed by atoms with Crippen molar-refractivity contribution in [1.82, 2.24) is 9.88 Å². The molecule has 2 heterocycles. The van der Waals surface area contributed by atoms with E-state index < -0.39 is 5.82 Å². The van der Waals surface area contributed by atoms with Crippen LogP contribution >= 0.6 is 11.6 Å². The van der Waals surface area contributed by atoms with Crippen LogP contribution in [0.25, 0.3) is 0 Å². The molecule has 7 heteroatoms. The van der Waals surface area contributed by atoms with E-state index in [2.05, 4.69) is 15.2 Å². The van der Waals surface area contributed by atoms with Crippen LogP contribution in [0.3, 0.4) is 0 Å². The zero-order chi connectivity index (χ0) is 16.2. The molecule has 3 rings (SSSR count). The lowest BCUT2D eigenvalue weighted by atomic mass is 10.2. The van der Waals surface area contributed by atoms with Crippen LogP contribution in [0.5, 0.6) is 0 Å². The van der Waals surface area contributed by atoms with Gasteiger partial charge in [0.15, 0.2) is 0 Å². The second-order valence-corrected chi connectivity index (χ2v) is 5.65. The number of rotatable bonds is 2. The van der Waals surface area contributed by atoms with E-state index in [0.717, 1.165) is 18.8 Å². The van der Waals surface area contributed by atoms with Crippen LogP contribution in [0.1, 0.15) is 0 Å². The van der Waals surface area contributed by atoms with Gasteiger partial charge < -0.3 is 15.1 Å². The van der Waals surface area contributed by atoms with Crippen molar-refractivity contribution < 1.29 is 9.18 Å². The third-order valence-electron chi connectivity index (χ3n) is 3.77. The number of halogens is 2. The summed E-state index contributed by atoms with van der Waals surface area (Å²) in [4.78, 5) is 20.2. The molecule has 1 aromatic carbocycles. The Bertz CT molecular complexity index is 690. The Morgan fingerprint density at radius 2 is 1.83 bits per heavy atom. The maximum Gasteiger partial charge on any atom is 0.321 e. The first-order valence-corrected chi connectivity index (χ1v) is 7.67. The molecule has 2 amide bonds. The number of aromatic nitrogens is 1. The normalized spacial score (nSPS) is 14.7. The molecule has 120 valence electrons. The molecule has 1 fully saturated rings. The van der Waals surface area contributed by atoms with Crippen molar-refractivity contribution in [2.45, 2.75) is 0 Å². The van der Waals surface area contributed by atoms with E-state index in [9.17, 15) is 9.18 Å². The summed E-state index contributed by atoms with van der Waals surface area (Å²) < 4.78 is 13.4. The average Bonchev–Trinajstić information content (AvgIpc) is 2.59. The minimum atomic E-state index is -0.549. The first-order chi connectivity index (χ1) is 11.1. The van der Waals surface area contributed by atoms with Gasteiger partial charge in [0, 0.05) is 49.9 Å². The lowest BCUT2D eigenvalue weighted by Gasteiger charge is -2.36. The van der Waals surface area contributed by atoms with Crippen molar-refractivity contribution in [3.05, 3.63) is 53.6 Å². The number of benzene rings is 1. The summed E-state index contributed by atoms with van der Waals surface area (Å²) in [6, 6.07) is 7.89. The highest BCUT2D eigenvalue weighted by Gasteiger charge is 2.21. The quantitative estimate of drug-likeness (QED) is 0.917. The van der Waals surface area contributed by atoms with Crippen molar-refractivity contribution in [1.29, 1.82) is 0 Å². The molecule has 1 aliphatic heterocycles. The second kappa shape index (κ2) is 6.83. The average molecular weight is 335 g/mol. The van der Waals surface area contributed by atoms with E-state index in [-0.39, 0.29) is 11.1 Å². The van der Waals surface area contributed by atoms with Crippen molar-refractivity contribution in [3.63, 3.8) is 0 Å². The number of hydrogen-bond acceptors (Lipinski definition) is 3. The van der Waals surface area contributed by atoms with Gasteiger partial charge in [0.25, 0.3) is 0 Å². The molecule has 2 aromatic rings. The minimum Gasteiger partial charge on any atom is -0.368 e. The summed E-state index contributed by atoms with van der Waals surface area (Å²) in [5, 5.41) is 2.73. The molecule has 23 heavy (non-hydrogen) atoms. The van der Waals surface area contributed by atoms with Crippen LogP contribution in [-0.4, -0.2) is 42.1 Å². The summed E-state index contributed by atoms with van der Waals surface area (Å²) in [6.07, 6.45) is 3.51. The fourth-order valence-electron chi connectivity index (χ4n) is 2.50. The van der Waals surface area contributed by atoms with Gasteiger partial charge in [-0.3, -0.25) is 4.98 Å². The Morgan fingerprint density at radius 3 is 2.48 bits per heavy atom. The Kier molecular flexibility index (Phi) is 4.62. The Hall–Kier alpha value is -2.34. The number of carbonyl (C=O) groups is 1. The lowest BCUT2D eigenvalue weighted by Crippen LogP contribution is -2.50. The predicted molar refractivity (Wildman–Crippen MR) is 88.5 cm³/mol. The van der Waals surface area contributed by atoms with E-state index in [1.807, 2.05) is 12.1 Å². The third-order valence-corrected chi connectivity index (χ3v) is 4.07. The van der Waals surface area contributed by atoms with E-state index in [4.69, 9.17) is 11.6 Å². The highest BCUT2D eigenvalue weighted by Crippen LogP contribution is 2.20. The first-order valence-electron chi connectivity index (χ1n) is 7.29. The summed E-state index contributed by atoms with van der Waals surface area (Å²) in [6.45, 7) is 2.69. The van der Waals surface area contributed by atoms with Crippen LogP contribution in [0.2, 0.25) is 5.02 Å². The number of pyridine rings is 1. The number of hydrogen-bond donors (Lipinski definition) is 1. The van der Waals surface area contributed by atoms with Crippen molar-refractivity contribution >= 4 is 29.0 Å². The SMILES string of the molecule is O=C(Nc1ccc(Cl)c(F)c1)N1CCN(c2ccncc2)CC1. The van der Waals surface area contributed by atoms with Gasteiger partial charge in [-0.25, -0.2) is 9.18 Å². The largest absolute Gasteiger partial charge is 0.368 e. The van der Waals surface area contributed by atoms with Gasteiger partial charge in [0.1, 0.15) is 5.82 Å². The highest BCUT2D eigenvalue weighted by atomic mass is 35.5. The zero-order valence-corrected chi connectivity index (χ0v) is 13.1. The maximum absolute atomic E-state index is 13.4. The number of piperazine rings is 1. The minimum absolute atomic E-state index is 0.0361. The van der Waals surface area contributed by atoms with E-state index >= 15 is 0 Å². The lowest BCUT2D eigenvalue weighted by molar-refractivity contribution is 0.208. The number of nitrogens with zero attached hydrogens (tertiary/aromatic N) is 3. The number of carbonyl (C=O) groups excluding carboxylic acids is 1. The molecule has 0 radical (unpaired) electrons. The van der Waals surface area contributed by atoms with Gasteiger partial charge in [0.2, 0.25) is 0 Å². The first kappa shape index (κ1) is 15.6. The van der Waals surface area contributed by atoms with E-state index in [1.54, 1.807) is 23.4 Å². The molecule has 1 N–H and O–H groups in total. The molecule has 0 saturated carbocycles. The van der Waals surface area contributed by atoms with Crippen molar-refractivity contribution in [2.24, 2.45) is 0 Å². The maximum atomic E-state index is 13.4. The topological polar surface area (TPSA) is 48.5 Å². The molecule has 1 aliphatic rings. The smallest absolute Gasteiger partial charge is 0.321 e. The Morgan fingerprint density at radius 1 is 1.13 bits per heavy atom. The van der Waals surface area contributed by atoms with Crippen LogP contribution in [-0.2, 0) is 0 Å². The molecule has 1 saturated heterocycles. The number of urea groups is 1. The van der Waals surface area contributed by atoms with Gasteiger partial charge in [-0.1, -0.05) is 11.6 Å². The standard InChI is InChI=1S/C16H16ClFN4O/c17-14-2-1-12(11-15(14)18)20-16(23)22-9-7-21(8-10-22)13-3-5-19-6-4-13/h1-6,11H,7-10H2,(H,20,23). The molecule has 1 aromatic heterocycles. The molecule has 0 aliphatic carbocycles. The molecule has 0 unspecified atom stereocenters. The fourth-order valence-corrected chi connectivity index (χ4v) is 2.62. The molecule has 0 spiro atoms. The van der Waals surface area contributed by atoms with Crippen LogP contribution in [0, 0.1) is 5.82 Å². The predicted octanol–water partition coefficient (Wildman–Crippen LogP) is 3.23. The van der Waals surface area contributed by atoms with Gasteiger partial charge in [-0.15, -0.1) is 0 Å². The highest BCUT2D eigenvalue weighted by molar-refractivity contribution is 6.30. The molecule has 0 atom stereocenters. The van der Waals surface area contributed by atoms with Gasteiger partial charge in [-0.2, -0.15) is 0 Å².